The third-order valence-electron chi connectivity index (χ3n) is 3.81. The van der Waals surface area contributed by atoms with Crippen molar-refractivity contribution < 1.29 is 4.79 Å². The van der Waals surface area contributed by atoms with Crippen LogP contribution in [0.2, 0.25) is 5.02 Å². The Kier molecular flexibility index (Phi) is 6.42. The fraction of sp³-hybridized carbons (Fsp3) is 0.250. The molecule has 0 saturated carbocycles. The van der Waals surface area contributed by atoms with E-state index in [1.54, 1.807) is 12.2 Å². The van der Waals surface area contributed by atoms with Gasteiger partial charge < -0.3 is 5.32 Å². The van der Waals surface area contributed by atoms with Gasteiger partial charge in [-0.25, -0.2) is 0 Å². The number of halogens is 1. The Bertz CT molecular complexity index is 689. The van der Waals surface area contributed by atoms with E-state index >= 15 is 0 Å². The van der Waals surface area contributed by atoms with Gasteiger partial charge in [0.15, 0.2) is 0 Å². The molecule has 2 aromatic rings. The van der Waals surface area contributed by atoms with Crippen LogP contribution in [0.1, 0.15) is 36.1 Å². The lowest BCUT2D eigenvalue weighted by Crippen LogP contribution is -2.21. The molecular formula is C20H22ClNO. The van der Waals surface area contributed by atoms with Crippen molar-refractivity contribution in [1.29, 1.82) is 0 Å². The molecule has 120 valence electrons. The van der Waals surface area contributed by atoms with Crippen molar-refractivity contribution in [3.8, 4) is 0 Å². The molecule has 0 aromatic heterocycles. The summed E-state index contributed by atoms with van der Waals surface area (Å²) < 4.78 is 0. The van der Waals surface area contributed by atoms with Crippen molar-refractivity contribution in [3.05, 3.63) is 75.8 Å². The molecule has 3 heteroatoms. The lowest BCUT2D eigenvalue weighted by molar-refractivity contribution is -0.116. The maximum absolute atomic E-state index is 12.0. The fourth-order valence-electron chi connectivity index (χ4n) is 2.40. The Balaban J connectivity index is 1.97. The van der Waals surface area contributed by atoms with E-state index in [0.29, 0.717) is 11.6 Å². The van der Waals surface area contributed by atoms with E-state index in [-0.39, 0.29) is 5.91 Å². The monoisotopic (exact) mass is 327 g/mol. The minimum Gasteiger partial charge on any atom is -0.348 e. The molecule has 0 unspecified atom stereocenters. The molecule has 2 rings (SSSR count). The van der Waals surface area contributed by atoms with Crippen LogP contribution in [0.4, 0.5) is 0 Å². The summed E-state index contributed by atoms with van der Waals surface area (Å²) in [6, 6.07) is 13.9. The van der Waals surface area contributed by atoms with Gasteiger partial charge >= 0.3 is 0 Å². The molecule has 1 N–H and O–H groups in total. The Labute approximate surface area is 143 Å². The standard InChI is InChI=1S/C20H22ClNO/c1-3-15-5-9-17(4-2)18(13-15)14-22-20(23)12-8-16-6-10-19(21)11-7-16/h5-13H,3-4,14H2,1-2H3,(H,22,23)/b12-8+. The summed E-state index contributed by atoms with van der Waals surface area (Å²) in [5.41, 5.74) is 4.72. The normalized spacial score (nSPS) is 10.9. The zero-order valence-electron chi connectivity index (χ0n) is 13.6. The molecule has 0 aliphatic heterocycles. The highest BCUT2D eigenvalue weighted by Crippen LogP contribution is 2.14. The van der Waals surface area contributed by atoms with Crippen LogP contribution in [-0.2, 0) is 24.2 Å². The fourth-order valence-corrected chi connectivity index (χ4v) is 2.52. The Morgan fingerprint density at radius 2 is 1.78 bits per heavy atom. The smallest absolute Gasteiger partial charge is 0.244 e. The highest BCUT2D eigenvalue weighted by Gasteiger charge is 2.03. The number of hydrogen-bond acceptors (Lipinski definition) is 1. The number of rotatable bonds is 6. The molecule has 0 bridgehead atoms. The van der Waals surface area contributed by atoms with Crippen LogP contribution in [-0.4, -0.2) is 5.91 Å². The third-order valence-corrected chi connectivity index (χ3v) is 4.06. The Morgan fingerprint density at radius 1 is 1.04 bits per heavy atom. The first-order chi connectivity index (χ1) is 11.1. The molecule has 23 heavy (non-hydrogen) atoms. The van der Waals surface area contributed by atoms with E-state index in [2.05, 4.69) is 37.4 Å². The van der Waals surface area contributed by atoms with Crippen LogP contribution >= 0.6 is 11.6 Å². The van der Waals surface area contributed by atoms with Crippen LogP contribution in [0.25, 0.3) is 6.08 Å². The van der Waals surface area contributed by atoms with Gasteiger partial charge in [0, 0.05) is 17.6 Å². The van der Waals surface area contributed by atoms with Gasteiger partial charge in [0.2, 0.25) is 5.91 Å². The predicted molar refractivity (Wildman–Crippen MR) is 97.5 cm³/mol. The summed E-state index contributed by atoms with van der Waals surface area (Å²) in [6.07, 6.45) is 5.31. The summed E-state index contributed by atoms with van der Waals surface area (Å²) in [6.45, 7) is 4.83. The average molecular weight is 328 g/mol. The highest BCUT2D eigenvalue weighted by molar-refractivity contribution is 6.30. The quantitative estimate of drug-likeness (QED) is 0.759. The second kappa shape index (κ2) is 8.54. The second-order valence-electron chi connectivity index (χ2n) is 5.41. The first-order valence-corrected chi connectivity index (χ1v) is 8.32. The number of carbonyl (C=O) groups is 1. The van der Waals surface area contributed by atoms with E-state index in [0.717, 1.165) is 18.4 Å². The number of benzene rings is 2. The first-order valence-electron chi connectivity index (χ1n) is 7.94. The van der Waals surface area contributed by atoms with E-state index in [1.165, 1.54) is 16.7 Å². The first kappa shape index (κ1) is 17.3. The van der Waals surface area contributed by atoms with Gasteiger partial charge in [-0.3, -0.25) is 4.79 Å². The lowest BCUT2D eigenvalue weighted by atomic mass is 10.0. The predicted octanol–water partition coefficient (Wildman–Crippen LogP) is 4.79. The number of amides is 1. The van der Waals surface area contributed by atoms with Crippen molar-refractivity contribution >= 4 is 23.6 Å². The van der Waals surface area contributed by atoms with E-state index < -0.39 is 0 Å². The molecule has 0 atom stereocenters. The van der Waals surface area contributed by atoms with E-state index in [9.17, 15) is 4.79 Å². The zero-order chi connectivity index (χ0) is 16.7. The highest BCUT2D eigenvalue weighted by atomic mass is 35.5. The van der Waals surface area contributed by atoms with Gasteiger partial charge in [-0.2, -0.15) is 0 Å². The summed E-state index contributed by atoms with van der Waals surface area (Å²) >= 11 is 5.84. The largest absolute Gasteiger partial charge is 0.348 e. The molecule has 1 amide bonds. The van der Waals surface area contributed by atoms with E-state index in [1.807, 2.05) is 24.3 Å². The topological polar surface area (TPSA) is 29.1 Å². The molecule has 0 radical (unpaired) electrons. The van der Waals surface area contributed by atoms with Crippen molar-refractivity contribution in [3.63, 3.8) is 0 Å². The molecule has 2 nitrogen and oxygen atoms in total. The summed E-state index contributed by atoms with van der Waals surface area (Å²) in [4.78, 5) is 12.0. The molecule has 0 saturated heterocycles. The van der Waals surface area contributed by atoms with Crippen molar-refractivity contribution in [2.24, 2.45) is 0 Å². The van der Waals surface area contributed by atoms with Gasteiger partial charge in [0.25, 0.3) is 0 Å². The number of nitrogens with one attached hydrogen (secondary N) is 1. The van der Waals surface area contributed by atoms with Crippen LogP contribution in [0, 0.1) is 0 Å². The minimum atomic E-state index is -0.0936. The molecule has 0 aliphatic carbocycles. The van der Waals surface area contributed by atoms with Gasteiger partial charge in [0.1, 0.15) is 0 Å². The van der Waals surface area contributed by atoms with Crippen molar-refractivity contribution in [2.45, 2.75) is 33.2 Å². The summed E-state index contributed by atoms with van der Waals surface area (Å²) in [5.74, 6) is -0.0936. The maximum atomic E-state index is 12.0. The van der Waals surface area contributed by atoms with Gasteiger partial charge in [-0.15, -0.1) is 0 Å². The zero-order valence-corrected chi connectivity index (χ0v) is 14.4. The van der Waals surface area contributed by atoms with Gasteiger partial charge in [-0.1, -0.05) is 55.8 Å². The van der Waals surface area contributed by atoms with E-state index in [4.69, 9.17) is 11.6 Å². The van der Waals surface area contributed by atoms with Gasteiger partial charge in [0.05, 0.1) is 0 Å². The summed E-state index contributed by atoms with van der Waals surface area (Å²) in [7, 11) is 0. The Morgan fingerprint density at radius 3 is 2.43 bits per heavy atom. The van der Waals surface area contributed by atoms with Crippen molar-refractivity contribution in [2.75, 3.05) is 0 Å². The third kappa shape index (κ3) is 5.26. The molecule has 0 spiro atoms. The summed E-state index contributed by atoms with van der Waals surface area (Å²) in [5, 5.41) is 3.64. The van der Waals surface area contributed by atoms with Crippen molar-refractivity contribution in [1.82, 2.24) is 5.32 Å². The number of carbonyl (C=O) groups excluding carboxylic acids is 1. The van der Waals surface area contributed by atoms with Crippen LogP contribution < -0.4 is 5.32 Å². The lowest BCUT2D eigenvalue weighted by Gasteiger charge is -2.10. The minimum absolute atomic E-state index is 0.0936. The molecule has 0 heterocycles. The Hall–Kier alpha value is -2.06. The molecule has 2 aromatic carbocycles. The molecule has 0 fully saturated rings. The van der Waals surface area contributed by atoms with Crippen LogP contribution in [0.15, 0.2) is 48.5 Å². The number of hydrogen-bond donors (Lipinski definition) is 1. The maximum Gasteiger partial charge on any atom is 0.244 e. The molecule has 0 aliphatic rings. The van der Waals surface area contributed by atoms with Gasteiger partial charge in [-0.05, 0) is 53.3 Å². The SMILES string of the molecule is CCc1ccc(CC)c(CNC(=O)/C=C/c2ccc(Cl)cc2)c1. The average Bonchev–Trinajstić information content (AvgIpc) is 2.59. The number of aryl methyl sites for hydroxylation is 2. The van der Waals surface area contributed by atoms with Crippen LogP contribution in [0.3, 0.4) is 0 Å². The molecular weight excluding hydrogens is 306 g/mol. The second-order valence-corrected chi connectivity index (χ2v) is 5.85. The van der Waals surface area contributed by atoms with Crippen LogP contribution in [0.5, 0.6) is 0 Å².